The van der Waals surface area contributed by atoms with Crippen LogP contribution in [0.5, 0.6) is 0 Å². The molecule has 25 heavy (non-hydrogen) atoms. The summed E-state index contributed by atoms with van der Waals surface area (Å²) >= 11 is 0. The largest absolute Gasteiger partial charge is 0.379 e. The lowest BCUT2D eigenvalue weighted by Crippen LogP contribution is -2.44. The first-order valence-electron chi connectivity index (χ1n) is 8.52. The average molecular weight is 492 g/mol. The van der Waals surface area contributed by atoms with Crippen LogP contribution in [0.1, 0.15) is 13.8 Å². The topological polar surface area (TPSA) is 92.3 Å². The number of ether oxygens (including phenoxy) is 2. The van der Waals surface area contributed by atoms with E-state index in [1.54, 1.807) is 0 Å². The van der Waals surface area contributed by atoms with Crippen LogP contribution < -0.4 is 10.6 Å². The van der Waals surface area contributed by atoms with E-state index in [0.29, 0.717) is 25.7 Å². The van der Waals surface area contributed by atoms with E-state index in [2.05, 4.69) is 27.4 Å². The molecule has 1 fully saturated rings. The number of nitrogens with one attached hydrogen (secondary N) is 2. The summed E-state index contributed by atoms with van der Waals surface area (Å²) in [5.41, 5.74) is 0. The molecule has 0 amide bonds. The van der Waals surface area contributed by atoms with E-state index in [0.717, 1.165) is 38.8 Å². The summed E-state index contributed by atoms with van der Waals surface area (Å²) in [6.45, 7) is 10.4. The van der Waals surface area contributed by atoms with Crippen LogP contribution in [0, 0.1) is 0 Å². The van der Waals surface area contributed by atoms with Crippen molar-refractivity contribution in [3.8, 4) is 0 Å². The number of aliphatic imine (C=N–C) groups is 1. The fraction of sp³-hybridized carbons (Fsp3) is 0.933. The third-order valence-electron chi connectivity index (χ3n) is 3.66. The fourth-order valence-electron chi connectivity index (χ4n) is 2.25. The maximum absolute atomic E-state index is 11.0. The van der Waals surface area contributed by atoms with Gasteiger partial charge in [-0.2, -0.15) is 0 Å². The molecule has 1 rings (SSSR count). The van der Waals surface area contributed by atoms with Crippen molar-refractivity contribution in [2.24, 2.45) is 4.99 Å². The van der Waals surface area contributed by atoms with Gasteiger partial charge < -0.3 is 20.1 Å². The van der Waals surface area contributed by atoms with Crippen LogP contribution in [0.15, 0.2) is 4.99 Å². The van der Waals surface area contributed by atoms with Crippen LogP contribution in [-0.2, 0) is 19.3 Å². The lowest BCUT2D eigenvalue weighted by atomic mass is 10.2. The van der Waals surface area contributed by atoms with Gasteiger partial charge in [-0.3, -0.25) is 9.89 Å². The Bertz CT molecular complexity index is 470. The molecule has 0 radical (unpaired) electrons. The lowest BCUT2D eigenvalue weighted by Gasteiger charge is -2.31. The zero-order chi connectivity index (χ0) is 17.8. The number of guanidine groups is 1. The first-order valence-corrected chi connectivity index (χ1v) is 10.6. The van der Waals surface area contributed by atoms with Crippen LogP contribution in [0.4, 0.5) is 0 Å². The Balaban J connectivity index is 0.00000576. The lowest BCUT2D eigenvalue weighted by molar-refractivity contribution is 0.0220. The third-order valence-corrected chi connectivity index (χ3v) is 4.57. The highest BCUT2D eigenvalue weighted by Gasteiger charge is 2.16. The molecule has 2 N–H and O–H groups in total. The molecule has 0 bridgehead atoms. The smallest absolute Gasteiger partial charge is 0.191 e. The van der Waals surface area contributed by atoms with Gasteiger partial charge in [-0.15, -0.1) is 24.0 Å². The number of rotatable bonds is 10. The van der Waals surface area contributed by atoms with Gasteiger partial charge in [0.15, 0.2) is 5.96 Å². The molecule has 150 valence electrons. The maximum Gasteiger partial charge on any atom is 0.191 e. The van der Waals surface area contributed by atoms with Gasteiger partial charge in [0.2, 0.25) is 0 Å². The van der Waals surface area contributed by atoms with Crippen molar-refractivity contribution in [2.45, 2.75) is 19.9 Å². The molecule has 8 nitrogen and oxygen atoms in total. The monoisotopic (exact) mass is 492 g/mol. The molecule has 0 aliphatic carbocycles. The van der Waals surface area contributed by atoms with Crippen LogP contribution >= 0.6 is 24.0 Å². The molecule has 1 aliphatic rings. The minimum Gasteiger partial charge on any atom is -0.379 e. The number of morpholine rings is 1. The summed E-state index contributed by atoms with van der Waals surface area (Å²) in [5, 5.41) is 6.40. The predicted octanol–water partition coefficient (Wildman–Crippen LogP) is -0.0586. The van der Waals surface area contributed by atoms with Crippen molar-refractivity contribution in [2.75, 3.05) is 71.2 Å². The van der Waals surface area contributed by atoms with E-state index in [1.807, 2.05) is 6.92 Å². The zero-order valence-corrected chi connectivity index (χ0v) is 18.6. The Morgan fingerprint density at radius 3 is 2.56 bits per heavy atom. The Morgan fingerprint density at radius 2 is 1.96 bits per heavy atom. The third kappa shape index (κ3) is 12.8. The second-order valence-electron chi connectivity index (χ2n) is 5.89. The highest BCUT2D eigenvalue weighted by Crippen LogP contribution is 2.03. The minimum absolute atomic E-state index is 0. The molecular weight excluding hydrogens is 459 g/mol. The Morgan fingerprint density at radius 1 is 1.28 bits per heavy atom. The number of sulfone groups is 1. The van der Waals surface area contributed by atoms with Crippen molar-refractivity contribution in [1.29, 1.82) is 0 Å². The van der Waals surface area contributed by atoms with Gasteiger partial charge in [0, 0.05) is 38.5 Å². The standard InChI is InChI=1S/C15H32N4O4S.HI/c1-4-16-15(17-5-8-22-11-12-24(3,20)21)18-13-14(2)19-6-9-23-10-7-19;/h14H,4-13H2,1-3H3,(H2,16,17,18);1H. The molecule has 1 unspecified atom stereocenters. The van der Waals surface area contributed by atoms with Crippen LogP contribution in [0.25, 0.3) is 0 Å². The predicted molar refractivity (Wildman–Crippen MR) is 112 cm³/mol. The first kappa shape index (κ1) is 24.8. The number of nitrogens with zero attached hydrogens (tertiary/aromatic N) is 2. The van der Waals surface area contributed by atoms with Gasteiger partial charge >= 0.3 is 0 Å². The molecule has 1 aliphatic heterocycles. The Kier molecular flexibility index (Phi) is 13.9. The summed E-state index contributed by atoms with van der Waals surface area (Å²) in [7, 11) is -2.96. The normalized spacial score (nSPS) is 17.6. The average Bonchev–Trinajstić information content (AvgIpc) is 2.55. The second kappa shape index (κ2) is 14.0. The Hall–Kier alpha value is -0.170. The summed E-state index contributed by atoms with van der Waals surface area (Å²) in [6.07, 6.45) is 1.21. The molecule has 0 saturated carbocycles. The number of hydrogen-bond donors (Lipinski definition) is 2. The van der Waals surface area contributed by atoms with Crippen molar-refractivity contribution >= 4 is 39.8 Å². The van der Waals surface area contributed by atoms with Gasteiger partial charge in [-0.1, -0.05) is 0 Å². The van der Waals surface area contributed by atoms with Crippen molar-refractivity contribution in [3.05, 3.63) is 0 Å². The van der Waals surface area contributed by atoms with Gasteiger partial charge in [-0.25, -0.2) is 8.42 Å². The van der Waals surface area contributed by atoms with Crippen molar-refractivity contribution < 1.29 is 17.9 Å². The highest BCUT2D eigenvalue weighted by molar-refractivity contribution is 14.0. The molecule has 1 atom stereocenters. The quantitative estimate of drug-likeness (QED) is 0.191. The first-order chi connectivity index (χ1) is 11.4. The van der Waals surface area contributed by atoms with E-state index in [4.69, 9.17) is 9.47 Å². The molecule has 10 heteroatoms. The zero-order valence-electron chi connectivity index (χ0n) is 15.5. The fourth-order valence-corrected chi connectivity index (χ4v) is 2.67. The Labute approximate surface area is 169 Å². The van der Waals surface area contributed by atoms with Gasteiger partial charge in [-0.05, 0) is 13.8 Å². The van der Waals surface area contributed by atoms with Crippen LogP contribution in [0.3, 0.4) is 0 Å². The second-order valence-corrected chi connectivity index (χ2v) is 8.15. The minimum atomic E-state index is -2.96. The van der Waals surface area contributed by atoms with Gasteiger partial charge in [0.05, 0.1) is 38.7 Å². The van der Waals surface area contributed by atoms with Gasteiger partial charge in [0.25, 0.3) is 0 Å². The molecule has 0 aromatic rings. The summed E-state index contributed by atoms with van der Waals surface area (Å²) in [6, 6.07) is 0.371. The number of hydrogen-bond acceptors (Lipinski definition) is 6. The molecule has 0 spiro atoms. The summed E-state index contributed by atoms with van der Waals surface area (Å²) < 4.78 is 32.7. The summed E-state index contributed by atoms with van der Waals surface area (Å²) in [5.74, 6) is 0.808. The van der Waals surface area contributed by atoms with E-state index < -0.39 is 9.84 Å². The highest BCUT2D eigenvalue weighted by atomic mass is 127. The maximum atomic E-state index is 11.0. The van der Waals surface area contributed by atoms with Crippen LogP contribution in [0.2, 0.25) is 0 Å². The van der Waals surface area contributed by atoms with E-state index in [9.17, 15) is 8.42 Å². The van der Waals surface area contributed by atoms with Crippen molar-refractivity contribution in [3.63, 3.8) is 0 Å². The van der Waals surface area contributed by atoms with E-state index in [-0.39, 0.29) is 36.3 Å². The molecule has 1 heterocycles. The SMILES string of the molecule is CCNC(=NCC(C)N1CCOCC1)NCCOCCS(C)(=O)=O.I. The number of halogens is 1. The summed E-state index contributed by atoms with van der Waals surface area (Å²) in [4.78, 5) is 6.99. The molecule has 0 aromatic heterocycles. The van der Waals surface area contributed by atoms with Crippen LogP contribution in [-0.4, -0.2) is 96.5 Å². The van der Waals surface area contributed by atoms with Crippen molar-refractivity contribution in [1.82, 2.24) is 15.5 Å². The molecule has 1 saturated heterocycles. The van der Waals surface area contributed by atoms with Gasteiger partial charge in [0.1, 0.15) is 9.84 Å². The van der Waals surface area contributed by atoms with E-state index >= 15 is 0 Å². The van der Waals surface area contributed by atoms with E-state index in [1.165, 1.54) is 6.26 Å². The molecular formula is C15H33IN4O4S. The molecule has 0 aromatic carbocycles.